The van der Waals surface area contributed by atoms with Gasteiger partial charge in [0, 0.05) is 5.41 Å². The first-order valence-electron chi connectivity index (χ1n) is 22.3. The zero-order valence-corrected chi connectivity index (χ0v) is 40.8. The number of benzene rings is 2. The molecule has 2 aromatic rings. The molecule has 0 saturated heterocycles. The third-order valence-electron chi connectivity index (χ3n) is 9.43. The zero-order chi connectivity index (χ0) is 45.8. The van der Waals surface area contributed by atoms with E-state index >= 15 is 0 Å². The van der Waals surface area contributed by atoms with Gasteiger partial charge in [0.15, 0.2) is 0 Å². The van der Waals surface area contributed by atoms with E-state index in [9.17, 15) is 25.5 Å². The Morgan fingerprint density at radius 2 is 0.661 bits per heavy atom. The lowest BCUT2D eigenvalue weighted by Crippen LogP contribution is -2.24. The quantitative estimate of drug-likeness (QED) is 0.0841. The zero-order valence-electron chi connectivity index (χ0n) is 40.8. The molecule has 0 amide bonds. The molecule has 0 radical (unpaired) electrons. The van der Waals surface area contributed by atoms with Gasteiger partial charge in [-0.05, 0) is 108 Å². The van der Waals surface area contributed by atoms with Crippen LogP contribution in [0.2, 0.25) is 0 Å². The van der Waals surface area contributed by atoms with Crippen LogP contribution in [0.1, 0.15) is 167 Å². The van der Waals surface area contributed by atoms with E-state index in [1.54, 1.807) is 0 Å². The minimum absolute atomic E-state index is 0.0729. The molecule has 5 N–H and O–H groups in total. The van der Waals surface area contributed by atoms with Crippen LogP contribution in [0, 0.1) is 34.0 Å². The fourth-order valence-corrected chi connectivity index (χ4v) is 6.92. The molecule has 8 nitrogen and oxygen atoms in total. The largest absolute Gasteiger partial charge is 0.491 e. The van der Waals surface area contributed by atoms with Crippen molar-refractivity contribution in [3.8, 4) is 11.5 Å². The maximum Gasteiger partial charge on any atom is 0.119 e. The van der Waals surface area contributed by atoms with Gasteiger partial charge < -0.3 is 39.7 Å². The van der Waals surface area contributed by atoms with Crippen molar-refractivity contribution in [1.82, 2.24) is 0 Å². The number of rotatable bonds is 21. The molecule has 0 bridgehead atoms. The van der Waals surface area contributed by atoms with E-state index in [1.807, 2.05) is 24.3 Å². The molecule has 2 aromatic carbocycles. The van der Waals surface area contributed by atoms with Crippen LogP contribution in [0.3, 0.4) is 0 Å². The maximum absolute atomic E-state index is 10.2. The first-order valence-corrected chi connectivity index (χ1v) is 22.3. The van der Waals surface area contributed by atoms with Crippen molar-refractivity contribution in [2.75, 3.05) is 26.4 Å². The topological polar surface area (TPSA) is 129 Å². The van der Waals surface area contributed by atoms with Gasteiger partial charge in [0.05, 0.1) is 43.7 Å². The van der Waals surface area contributed by atoms with Crippen molar-refractivity contribution in [3.63, 3.8) is 0 Å². The van der Waals surface area contributed by atoms with Gasteiger partial charge in [0.1, 0.15) is 24.7 Å². The second-order valence-electron chi connectivity index (χ2n) is 22.3. The molecule has 59 heavy (non-hydrogen) atoms. The Morgan fingerprint density at radius 3 is 0.932 bits per heavy atom. The smallest absolute Gasteiger partial charge is 0.119 e. The van der Waals surface area contributed by atoms with Gasteiger partial charge in [-0.3, -0.25) is 0 Å². The van der Waals surface area contributed by atoms with Crippen LogP contribution in [-0.4, -0.2) is 82.5 Å². The summed E-state index contributed by atoms with van der Waals surface area (Å²) in [6, 6.07) is 16.2. The minimum Gasteiger partial charge on any atom is -0.491 e. The Morgan fingerprint density at radius 1 is 0.390 bits per heavy atom. The van der Waals surface area contributed by atoms with E-state index in [1.165, 1.54) is 11.1 Å². The molecule has 0 aromatic heterocycles. The second-order valence-corrected chi connectivity index (χ2v) is 22.3. The first kappa shape index (κ1) is 56.8. The van der Waals surface area contributed by atoms with Gasteiger partial charge in [-0.25, -0.2) is 0 Å². The SMILES string of the molecule is CC(C)(C)CC(O)COc1ccc(C(C)(C)c2ccc(OCC(O)CC(C)(C)C)cc2)cc1.CC(C)CC(O)CC(C)(C)C.CC(C)CC(O)COCC(O)CC(C)C. The molecule has 0 spiro atoms. The lowest BCUT2D eigenvalue weighted by molar-refractivity contribution is -0.0179. The number of ether oxygens (including phenoxy) is 3. The number of hydrogen-bond donors (Lipinski definition) is 5. The molecule has 5 unspecified atom stereocenters. The van der Waals surface area contributed by atoms with Crippen molar-refractivity contribution >= 4 is 0 Å². The predicted octanol–water partition coefficient (Wildman–Crippen LogP) is 11.0. The third kappa shape index (κ3) is 30.5. The Balaban J connectivity index is 0.00000106. The van der Waals surface area contributed by atoms with Crippen molar-refractivity contribution in [2.24, 2.45) is 34.0 Å². The molecular weight excluding hydrogens is 741 g/mol. The van der Waals surface area contributed by atoms with Crippen LogP contribution < -0.4 is 9.47 Å². The summed E-state index contributed by atoms with van der Waals surface area (Å²) < 4.78 is 16.8. The third-order valence-corrected chi connectivity index (χ3v) is 9.43. The van der Waals surface area contributed by atoms with Gasteiger partial charge in [0.2, 0.25) is 0 Å². The van der Waals surface area contributed by atoms with Gasteiger partial charge in [0.25, 0.3) is 0 Å². The molecule has 0 saturated carbocycles. The van der Waals surface area contributed by atoms with Gasteiger partial charge in [-0.15, -0.1) is 0 Å². The van der Waals surface area contributed by atoms with Gasteiger partial charge in [-0.1, -0.05) is 142 Å². The van der Waals surface area contributed by atoms with Crippen LogP contribution in [0.5, 0.6) is 11.5 Å². The average molecular weight is 833 g/mol. The highest BCUT2D eigenvalue weighted by Crippen LogP contribution is 2.34. The van der Waals surface area contributed by atoms with Gasteiger partial charge in [-0.2, -0.15) is 0 Å². The Hall–Kier alpha value is -2.20. The van der Waals surface area contributed by atoms with E-state index < -0.39 is 24.4 Å². The first-order chi connectivity index (χ1) is 26.9. The van der Waals surface area contributed by atoms with E-state index in [4.69, 9.17) is 14.2 Å². The summed E-state index contributed by atoms with van der Waals surface area (Å²) in [6.07, 6.45) is 2.86. The van der Waals surface area contributed by atoms with E-state index in [2.05, 4.69) is 142 Å². The minimum atomic E-state index is -0.476. The molecule has 5 atom stereocenters. The highest BCUT2D eigenvalue weighted by atomic mass is 16.5. The van der Waals surface area contributed by atoms with Crippen LogP contribution in [0.4, 0.5) is 0 Å². The molecule has 344 valence electrons. The summed E-state index contributed by atoms with van der Waals surface area (Å²) in [5.41, 5.74) is 2.58. The number of aliphatic hydroxyl groups is 5. The summed E-state index contributed by atoms with van der Waals surface area (Å²) in [5.74, 6) is 3.08. The molecule has 8 heteroatoms. The molecule has 2 rings (SSSR count). The van der Waals surface area contributed by atoms with Crippen molar-refractivity contribution in [3.05, 3.63) is 59.7 Å². The Bertz CT molecular complexity index is 1240. The summed E-state index contributed by atoms with van der Waals surface area (Å²) in [5, 5.41) is 48.9. The van der Waals surface area contributed by atoms with Crippen molar-refractivity contribution < 1.29 is 39.7 Å². The average Bonchev–Trinajstić information content (AvgIpc) is 3.04. The Labute approximate surface area is 362 Å². The Kier molecular flexibility index (Phi) is 26.0. The molecule has 0 aliphatic heterocycles. The predicted molar refractivity (Wildman–Crippen MR) is 247 cm³/mol. The molecular formula is C51H92O8. The van der Waals surface area contributed by atoms with Crippen molar-refractivity contribution in [1.29, 1.82) is 0 Å². The molecule has 0 aliphatic carbocycles. The second kappa shape index (κ2) is 27.0. The lowest BCUT2D eigenvalue weighted by atomic mass is 9.78. The highest BCUT2D eigenvalue weighted by Gasteiger charge is 2.24. The maximum atomic E-state index is 10.2. The number of aliphatic hydroxyl groups excluding tert-OH is 5. The normalized spacial score (nSPS) is 15.1. The lowest BCUT2D eigenvalue weighted by Gasteiger charge is -2.27. The highest BCUT2D eigenvalue weighted by molar-refractivity contribution is 5.41. The van der Waals surface area contributed by atoms with Crippen LogP contribution in [0.15, 0.2) is 48.5 Å². The summed E-state index contributed by atoms with van der Waals surface area (Å²) >= 11 is 0. The van der Waals surface area contributed by atoms with Crippen LogP contribution in [-0.2, 0) is 10.2 Å². The van der Waals surface area contributed by atoms with Crippen molar-refractivity contribution in [2.45, 2.75) is 192 Å². The molecule has 0 heterocycles. The van der Waals surface area contributed by atoms with E-state index in [0.29, 0.717) is 57.0 Å². The van der Waals surface area contributed by atoms with Crippen LogP contribution >= 0.6 is 0 Å². The van der Waals surface area contributed by atoms with Gasteiger partial charge >= 0.3 is 0 Å². The van der Waals surface area contributed by atoms with Crippen LogP contribution in [0.25, 0.3) is 0 Å². The van der Waals surface area contributed by atoms with E-state index in [0.717, 1.165) is 37.2 Å². The summed E-state index contributed by atoms with van der Waals surface area (Å²) in [7, 11) is 0. The monoisotopic (exact) mass is 833 g/mol. The fraction of sp³-hybridized carbons (Fsp3) is 0.765. The van der Waals surface area contributed by atoms with E-state index in [-0.39, 0.29) is 27.8 Å². The molecule has 0 aliphatic rings. The standard InChI is InChI=1S/C29H44O4.C12H26O3.C10H22O/c1-27(2,3)17-23(30)19-32-25-13-9-21(10-14-25)29(7,8)22-11-15-26(16-12-22)33-20-24(31)18-28(4,5)6;1-9(2)5-11(13)7-15-8-12(14)6-10(3)4;1-8(2)6-9(11)7-10(3,4)5/h9-16,23-24,30-31H,17-20H2,1-8H3;9-14H,5-8H2,1-4H3;8-9,11H,6-7H2,1-5H3. The summed E-state index contributed by atoms with van der Waals surface area (Å²) in [4.78, 5) is 0. The number of hydrogen-bond acceptors (Lipinski definition) is 8. The fourth-order valence-electron chi connectivity index (χ4n) is 6.92. The summed E-state index contributed by atoms with van der Waals surface area (Å²) in [6.45, 7) is 37.4. The molecule has 0 fully saturated rings.